The van der Waals surface area contributed by atoms with E-state index in [9.17, 15) is 4.79 Å². The van der Waals surface area contributed by atoms with Gasteiger partial charge in [0.1, 0.15) is 5.71 Å². The van der Waals surface area contributed by atoms with Gasteiger partial charge in [-0.1, -0.05) is 18.2 Å². The zero-order chi connectivity index (χ0) is 11.5. The van der Waals surface area contributed by atoms with E-state index in [0.717, 1.165) is 5.57 Å². The number of aliphatic imine (C=N–C) groups is 1. The number of benzene rings is 1. The third-order valence-corrected chi connectivity index (χ3v) is 2.29. The molecule has 1 aromatic carbocycles. The van der Waals surface area contributed by atoms with Crippen LogP contribution in [0.1, 0.15) is 6.92 Å². The van der Waals surface area contributed by atoms with Crippen molar-refractivity contribution in [2.24, 2.45) is 4.99 Å². The van der Waals surface area contributed by atoms with Crippen LogP contribution in [0, 0.1) is 0 Å². The first kappa shape index (κ1) is 10.4. The summed E-state index contributed by atoms with van der Waals surface area (Å²) >= 11 is 0. The molecule has 0 aliphatic heterocycles. The highest BCUT2D eigenvalue weighted by Gasteiger charge is 2.10. The number of rotatable bonds is 1. The molecule has 0 heterocycles. The number of hydrogen-bond acceptors (Lipinski definition) is 3. The van der Waals surface area contributed by atoms with E-state index >= 15 is 0 Å². The summed E-state index contributed by atoms with van der Waals surface area (Å²) in [6, 6.07) is 7.23. The lowest BCUT2D eigenvalue weighted by molar-refractivity contribution is -0.108. The molecular formula is C13H12N2O. The Labute approximate surface area is 94.0 Å². The maximum atomic E-state index is 11.6. The highest BCUT2D eigenvalue weighted by molar-refractivity contribution is 6.49. The van der Waals surface area contributed by atoms with E-state index in [0.29, 0.717) is 17.1 Å². The topological polar surface area (TPSA) is 55.4 Å². The van der Waals surface area contributed by atoms with Crippen LogP contribution in [0.2, 0.25) is 0 Å². The van der Waals surface area contributed by atoms with E-state index < -0.39 is 0 Å². The van der Waals surface area contributed by atoms with Crippen molar-refractivity contribution in [3.8, 4) is 0 Å². The molecule has 3 nitrogen and oxygen atoms in total. The molecule has 0 amide bonds. The van der Waals surface area contributed by atoms with E-state index in [-0.39, 0.29) is 5.78 Å². The van der Waals surface area contributed by atoms with Crippen LogP contribution in [0.3, 0.4) is 0 Å². The van der Waals surface area contributed by atoms with E-state index in [1.807, 2.05) is 19.1 Å². The number of nitrogen functional groups attached to an aromatic ring is 1. The van der Waals surface area contributed by atoms with Gasteiger partial charge in [-0.3, -0.25) is 4.79 Å². The van der Waals surface area contributed by atoms with Gasteiger partial charge in [0.2, 0.25) is 5.78 Å². The molecule has 0 radical (unpaired) electrons. The predicted octanol–water partition coefficient (Wildman–Crippen LogP) is 2.43. The number of anilines is 1. The molecule has 1 aliphatic rings. The smallest absolute Gasteiger partial charge is 0.204 e. The fourth-order valence-electron chi connectivity index (χ4n) is 1.43. The minimum Gasteiger partial charge on any atom is -0.397 e. The van der Waals surface area contributed by atoms with Crippen LogP contribution in [0.25, 0.3) is 0 Å². The monoisotopic (exact) mass is 212 g/mol. The lowest BCUT2D eigenvalue weighted by atomic mass is 10.1. The Morgan fingerprint density at radius 3 is 2.69 bits per heavy atom. The highest BCUT2D eigenvalue weighted by Crippen LogP contribution is 2.21. The van der Waals surface area contributed by atoms with Crippen LogP contribution >= 0.6 is 0 Å². The van der Waals surface area contributed by atoms with Gasteiger partial charge in [-0.2, -0.15) is 0 Å². The van der Waals surface area contributed by atoms with E-state index in [4.69, 9.17) is 5.73 Å². The minimum atomic E-state index is -0.0890. The lowest BCUT2D eigenvalue weighted by Gasteiger charge is -2.05. The number of nitrogens with zero attached hydrogens (tertiary/aromatic N) is 1. The maximum Gasteiger partial charge on any atom is 0.204 e. The van der Waals surface area contributed by atoms with Crippen molar-refractivity contribution in [3.63, 3.8) is 0 Å². The Balaban J connectivity index is 2.42. The minimum absolute atomic E-state index is 0.0890. The molecule has 0 spiro atoms. The van der Waals surface area contributed by atoms with Crippen molar-refractivity contribution in [3.05, 3.63) is 48.1 Å². The summed E-state index contributed by atoms with van der Waals surface area (Å²) in [7, 11) is 0. The first-order valence-corrected chi connectivity index (χ1v) is 5.01. The molecule has 80 valence electrons. The number of carbonyl (C=O) groups excluding carboxylic acids is 1. The third-order valence-electron chi connectivity index (χ3n) is 2.29. The number of hydrogen-bond donors (Lipinski definition) is 1. The molecule has 3 heteroatoms. The van der Waals surface area contributed by atoms with Crippen LogP contribution in [-0.2, 0) is 4.79 Å². The van der Waals surface area contributed by atoms with Crippen LogP contribution in [0.4, 0.5) is 11.4 Å². The molecule has 1 aromatic rings. The normalized spacial score (nSPS) is 17.7. The number of allylic oxidation sites excluding steroid dienone is 4. The van der Waals surface area contributed by atoms with Gasteiger partial charge in [-0.05, 0) is 36.8 Å². The summed E-state index contributed by atoms with van der Waals surface area (Å²) in [4.78, 5) is 15.8. The largest absolute Gasteiger partial charge is 0.397 e. The van der Waals surface area contributed by atoms with E-state index in [2.05, 4.69) is 4.99 Å². The van der Waals surface area contributed by atoms with Gasteiger partial charge in [-0.15, -0.1) is 0 Å². The zero-order valence-corrected chi connectivity index (χ0v) is 8.97. The van der Waals surface area contributed by atoms with Crippen molar-refractivity contribution in [1.29, 1.82) is 0 Å². The summed E-state index contributed by atoms with van der Waals surface area (Å²) in [5.74, 6) is -0.0890. The Bertz CT molecular complexity index is 524. The summed E-state index contributed by atoms with van der Waals surface area (Å²) in [5.41, 5.74) is 8.40. The maximum absolute atomic E-state index is 11.6. The summed E-state index contributed by atoms with van der Waals surface area (Å²) < 4.78 is 0. The summed E-state index contributed by atoms with van der Waals surface area (Å²) in [6.07, 6.45) is 5.05. The fraction of sp³-hybridized carbons (Fsp3) is 0.0769. The second-order valence-electron chi connectivity index (χ2n) is 3.64. The van der Waals surface area contributed by atoms with Gasteiger partial charge in [0.25, 0.3) is 0 Å². The molecule has 0 saturated heterocycles. The van der Waals surface area contributed by atoms with Crippen molar-refractivity contribution in [1.82, 2.24) is 0 Å². The Morgan fingerprint density at radius 2 is 1.94 bits per heavy atom. The van der Waals surface area contributed by atoms with Crippen LogP contribution < -0.4 is 5.73 Å². The average Bonchev–Trinajstić information content (AvgIpc) is 2.27. The van der Waals surface area contributed by atoms with Crippen molar-refractivity contribution in [2.45, 2.75) is 6.92 Å². The van der Waals surface area contributed by atoms with Crippen molar-refractivity contribution < 1.29 is 4.79 Å². The van der Waals surface area contributed by atoms with Crippen LogP contribution in [-0.4, -0.2) is 11.5 Å². The molecule has 0 unspecified atom stereocenters. The molecule has 2 rings (SSSR count). The quantitative estimate of drug-likeness (QED) is 0.574. The molecule has 0 atom stereocenters. The number of ketones is 1. The van der Waals surface area contributed by atoms with Gasteiger partial charge in [0.05, 0.1) is 11.4 Å². The molecular weight excluding hydrogens is 200 g/mol. The van der Waals surface area contributed by atoms with E-state index in [1.54, 1.807) is 24.3 Å². The van der Waals surface area contributed by atoms with Gasteiger partial charge in [0, 0.05) is 0 Å². The van der Waals surface area contributed by atoms with E-state index in [1.165, 1.54) is 6.08 Å². The number of nitrogens with two attached hydrogens (primary N) is 1. The van der Waals surface area contributed by atoms with Gasteiger partial charge in [0.15, 0.2) is 0 Å². The van der Waals surface area contributed by atoms with Gasteiger partial charge < -0.3 is 5.73 Å². The summed E-state index contributed by atoms with van der Waals surface area (Å²) in [5, 5.41) is 0. The Hall–Kier alpha value is -2.16. The molecule has 16 heavy (non-hydrogen) atoms. The fourth-order valence-corrected chi connectivity index (χ4v) is 1.43. The lowest BCUT2D eigenvalue weighted by Crippen LogP contribution is -2.11. The molecule has 1 aliphatic carbocycles. The second kappa shape index (κ2) is 4.14. The SMILES string of the molecule is CC1=CC(=Nc2ccccc2N)C(=O)C=C1. The van der Waals surface area contributed by atoms with Crippen molar-refractivity contribution in [2.75, 3.05) is 5.73 Å². The predicted molar refractivity (Wildman–Crippen MR) is 65.9 cm³/mol. The third kappa shape index (κ3) is 2.08. The first-order valence-electron chi connectivity index (χ1n) is 5.01. The standard InChI is InChI=1S/C13H12N2O/c1-9-6-7-13(16)12(8-9)15-11-5-3-2-4-10(11)14/h2-8H,14H2,1H3. The van der Waals surface area contributed by atoms with Crippen LogP contribution in [0.15, 0.2) is 53.1 Å². The van der Waals surface area contributed by atoms with Gasteiger partial charge >= 0.3 is 0 Å². The van der Waals surface area contributed by atoms with Gasteiger partial charge in [-0.25, -0.2) is 4.99 Å². The Kier molecular flexibility index (Phi) is 2.68. The summed E-state index contributed by atoms with van der Waals surface area (Å²) in [6.45, 7) is 1.92. The molecule has 0 saturated carbocycles. The molecule has 0 fully saturated rings. The molecule has 0 bridgehead atoms. The molecule has 0 aromatic heterocycles. The highest BCUT2D eigenvalue weighted by atomic mass is 16.1. The zero-order valence-electron chi connectivity index (χ0n) is 8.97. The first-order chi connectivity index (χ1) is 7.66. The average molecular weight is 212 g/mol. The number of para-hydroxylation sites is 2. The van der Waals surface area contributed by atoms with Crippen molar-refractivity contribution >= 4 is 22.9 Å². The van der Waals surface area contributed by atoms with Crippen LogP contribution in [0.5, 0.6) is 0 Å². The number of carbonyl (C=O) groups is 1. The molecule has 2 N–H and O–H groups in total. The Morgan fingerprint density at radius 1 is 1.19 bits per heavy atom. The second-order valence-corrected chi connectivity index (χ2v) is 3.64.